The molecule has 2 aromatic rings. The van der Waals surface area contributed by atoms with E-state index in [0.29, 0.717) is 5.56 Å². The molecule has 1 heterocycles. The second-order valence-electron chi connectivity index (χ2n) is 5.43. The average Bonchev–Trinajstić information content (AvgIpc) is 2.89. The number of hydrogen-bond donors (Lipinski definition) is 0. The molecule has 0 atom stereocenters. The Balaban J connectivity index is 1.84. The van der Waals surface area contributed by atoms with Crippen molar-refractivity contribution in [3.05, 3.63) is 69.1 Å². The first-order chi connectivity index (χ1) is 9.63. The lowest BCUT2D eigenvalue weighted by Crippen LogP contribution is -2.23. The number of aryl methyl sites for hydroxylation is 3. The number of Topliss-reactive ketones (excluding diaryl/α,β-unsaturated/α-hetero) is 1. The fraction of sp³-hybridized carbons (Fsp3) is 0.294. The third-order valence-corrected chi connectivity index (χ3v) is 3.89. The first-order valence-electron chi connectivity index (χ1n) is 6.95. The minimum Gasteiger partial charge on any atom is -0.308 e. The molecule has 1 aromatic heterocycles. The second-order valence-corrected chi connectivity index (χ2v) is 5.43. The predicted octanol–water partition coefficient (Wildman–Crippen LogP) is 2.53. The summed E-state index contributed by atoms with van der Waals surface area (Å²) in [6, 6.07) is 9.32. The fourth-order valence-electron chi connectivity index (χ4n) is 2.73. The van der Waals surface area contributed by atoms with Crippen molar-refractivity contribution in [3.8, 4) is 0 Å². The highest BCUT2D eigenvalue weighted by molar-refractivity contribution is 5.96. The smallest absolute Gasteiger partial charge is 0.251 e. The predicted molar refractivity (Wildman–Crippen MR) is 78.2 cm³/mol. The van der Waals surface area contributed by atoms with Gasteiger partial charge in [-0.3, -0.25) is 9.59 Å². The van der Waals surface area contributed by atoms with Crippen molar-refractivity contribution in [2.24, 2.45) is 0 Å². The van der Waals surface area contributed by atoms with E-state index in [-0.39, 0.29) is 17.9 Å². The lowest BCUT2D eigenvalue weighted by molar-refractivity contribution is 0.0970. The molecule has 3 rings (SSSR count). The molecular weight excluding hydrogens is 250 g/mol. The van der Waals surface area contributed by atoms with Crippen molar-refractivity contribution < 1.29 is 4.79 Å². The van der Waals surface area contributed by atoms with E-state index in [9.17, 15) is 9.59 Å². The molecule has 0 saturated heterocycles. The van der Waals surface area contributed by atoms with Crippen LogP contribution in [0.5, 0.6) is 0 Å². The summed E-state index contributed by atoms with van der Waals surface area (Å²) < 4.78 is 1.46. The van der Waals surface area contributed by atoms with E-state index in [2.05, 4.69) is 0 Å². The molecule has 20 heavy (non-hydrogen) atoms. The second kappa shape index (κ2) is 5.08. The molecule has 102 valence electrons. The number of carbonyl (C=O) groups is 1. The normalized spacial score (nSPS) is 13.2. The van der Waals surface area contributed by atoms with Gasteiger partial charge >= 0.3 is 0 Å². The van der Waals surface area contributed by atoms with Crippen LogP contribution in [0.2, 0.25) is 0 Å². The maximum Gasteiger partial charge on any atom is 0.251 e. The quantitative estimate of drug-likeness (QED) is 0.802. The maximum absolute atomic E-state index is 12.3. The van der Waals surface area contributed by atoms with Crippen molar-refractivity contribution >= 4 is 5.78 Å². The SMILES string of the molecule is Cc1ccn(CC(=O)c2ccc3c(c2)CCC3)c(=O)c1. The third kappa shape index (κ3) is 2.44. The number of pyridine rings is 1. The summed E-state index contributed by atoms with van der Waals surface area (Å²) in [7, 11) is 0. The summed E-state index contributed by atoms with van der Waals surface area (Å²) >= 11 is 0. The van der Waals surface area contributed by atoms with Gasteiger partial charge in [-0.1, -0.05) is 12.1 Å². The van der Waals surface area contributed by atoms with E-state index in [4.69, 9.17) is 0 Å². The molecule has 1 aliphatic carbocycles. The highest BCUT2D eigenvalue weighted by Gasteiger charge is 2.14. The molecule has 0 bridgehead atoms. The minimum absolute atomic E-state index is 0.00865. The molecule has 0 N–H and O–H groups in total. The Morgan fingerprint density at radius 2 is 1.95 bits per heavy atom. The molecule has 0 radical (unpaired) electrons. The summed E-state index contributed by atoms with van der Waals surface area (Å²) in [5.41, 5.74) is 4.13. The number of carbonyl (C=O) groups excluding carboxylic acids is 1. The Kier molecular flexibility index (Phi) is 3.26. The Bertz CT molecular complexity index is 728. The van der Waals surface area contributed by atoms with Crippen LogP contribution in [0.15, 0.2) is 41.3 Å². The first-order valence-corrected chi connectivity index (χ1v) is 6.95. The van der Waals surface area contributed by atoms with Gasteiger partial charge in [0.15, 0.2) is 5.78 Å². The number of fused-ring (bicyclic) bond motifs is 1. The van der Waals surface area contributed by atoms with Crippen molar-refractivity contribution in [1.82, 2.24) is 4.57 Å². The first kappa shape index (κ1) is 12.9. The van der Waals surface area contributed by atoms with Crippen LogP contribution in [0.1, 0.15) is 33.5 Å². The molecule has 3 nitrogen and oxygen atoms in total. The molecule has 0 aliphatic heterocycles. The molecular formula is C17H17NO2. The molecule has 0 saturated carbocycles. The van der Waals surface area contributed by atoms with E-state index in [1.165, 1.54) is 22.1 Å². The highest BCUT2D eigenvalue weighted by atomic mass is 16.1. The third-order valence-electron chi connectivity index (χ3n) is 3.89. The Hall–Kier alpha value is -2.16. The van der Waals surface area contributed by atoms with Gasteiger partial charge in [0, 0.05) is 17.8 Å². The summed E-state index contributed by atoms with van der Waals surface area (Å²) in [5, 5.41) is 0. The minimum atomic E-state index is -0.125. The van der Waals surface area contributed by atoms with E-state index < -0.39 is 0 Å². The highest BCUT2D eigenvalue weighted by Crippen LogP contribution is 2.23. The van der Waals surface area contributed by atoms with Crippen LogP contribution in [-0.2, 0) is 19.4 Å². The number of hydrogen-bond acceptors (Lipinski definition) is 2. The van der Waals surface area contributed by atoms with Gasteiger partial charge in [0.2, 0.25) is 0 Å². The van der Waals surface area contributed by atoms with Gasteiger partial charge in [-0.25, -0.2) is 0 Å². The van der Waals surface area contributed by atoms with Crippen LogP contribution in [-0.4, -0.2) is 10.4 Å². The zero-order valence-corrected chi connectivity index (χ0v) is 11.6. The molecule has 0 spiro atoms. The number of benzene rings is 1. The Morgan fingerprint density at radius 3 is 2.75 bits per heavy atom. The number of aromatic nitrogens is 1. The van der Waals surface area contributed by atoms with Gasteiger partial charge in [0.1, 0.15) is 0 Å². The average molecular weight is 267 g/mol. The molecule has 0 unspecified atom stereocenters. The van der Waals surface area contributed by atoms with E-state index >= 15 is 0 Å². The molecule has 1 aliphatic rings. The Labute approximate surface area is 117 Å². The molecule has 0 amide bonds. The zero-order chi connectivity index (χ0) is 14.1. The van der Waals surface area contributed by atoms with Crippen molar-refractivity contribution in [1.29, 1.82) is 0 Å². The maximum atomic E-state index is 12.3. The van der Waals surface area contributed by atoms with E-state index in [0.717, 1.165) is 18.4 Å². The topological polar surface area (TPSA) is 39.1 Å². The number of ketones is 1. The summed E-state index contributed by atoms with van der Waals surface area (Å²) in [6.07, 6.45) is 5.02. The monoisotopic (exact) mass is 267 g/mol. The van der Waals surface area contributed by atoms with Crippen LogP contribution >= 0.6 is 0 Å². The van der Waals surface area contributed by atoms with Crippen molar-refractivity contribution in [2.45, 2.75) is 32.7 Å². The fourth-order valence-corrected chi connectivity index (χ4v) is 2.73. The summed E-state index contributed by atoms with van der Waals surface area (Å²) in [6.45, 7) is 1.98. The molecule has 3 heteroatoms. The van der Waals surface area contributed by atoms with Gasteiger partial charge in [0.05, 0.1) is 6.54 Å². The molecule has 1 aromatic carbocycles. The summed E-state index contributed by atoms with van der Waals surface area (Å²) in [4.78, 5) is 24.1. The van der Waals surface area contributed by atoms with Gasteiger partial charge in [-0.2, -0.15) is 0 Å². The van der Waals surface area contributed by atoms with Crippen LogP contribution in [0.4, 0.5) is 0 Å². The van der Waals surface area contributed by atoms with Gasteiger partial charge < -0.3 is 4.57 Å². The standard InChI is InChI=1S/C17H17NO2/c1-12-7-8-18(17(20)9-12)11-16(19)15-6-5-13-3-2-4-14(13)10-15/h5-10H,2-4,11H2,1H3. The van der Waals surface area contributed by atoms with Crippen LogP contribution in [0.25, 0.3) is 0 Å². The van der Waals surface area contributed by atoms with Gasteiger partial charge in [0.25, 0.3) is 5.56 Å². The van der Waals surface area contributed by atoms with Gasteiger partial charge in [-0.15, -0.1) is 0 Å². The van der Waals surface area contributed by atoms with Crippen LogP contribution < -0.4 is 5.56 Å². The van der Waals surface area contributed by atoms with Crippen LogP contribution in [0.3, 0.4) is 0 Å². The number of rotatable bonds is 3. The largest absolute Gasteiger partial charge is 0.308 e. The zero-order valence-electron chi connectivity index (χ0n) is 11.6. The number of nitrogens with zero attached hydrogens (tertiary/aromatic N) is 1. The van der Waals surface area contributed by atoms with Crippen molar-refractivity contribution in [2.75, 3.05) is 0 Å². The Morgan fingerprint density at radius 1 is 1.15 bits per heavy atom. The van der Waals surface area contributed by atoms with E-state index in [1.54, 1.807) is 12.3 Å². The lowest BCUT2D eigenvalue weighted by atomic mass is 10.0. The summed E-state index contributed by atoms with van der Waals surface area (Å²) in [5.74, 6) is -0.00865. The van der Waals surface area contributed by atoms with E-state index in [1.807, 2.05) is 31.2 Å². The van der Waals surface area contributed by atoms with Crippen LogP contribution in [0, 0.1) is 6.92 Å². The van der Waals surface area contributed by atoms with Crippen molar-refractivity contribution in [3.63, 3.8) is 0 Å². The van der Waals surface area contributed by atoms with Gasteiger partial charge in [-0.05, 0) is 55.0 Å². The lowest BCUT2D eigenvalue weighted by Gasteiger charge is -2.07. The molecule has 0 fully saturated rings.